The van der Waals surface area contributed by atoms with Crippen molar-refractivity contribution in [3.05, 3.63) is 35.4 Å². The zero-order valence-electron chi connectivity index (χ0n) is 10.3. The topological polar surface area (TPSA) is 61.4 Å². The molecule has 1 unspecified atom stereocenters. The van der Waals surface area contributed by atoms with Gasteiger partial charge in [-0.1, -0.05) is 24.3 Å². The van der Waals surface area contributed by atoms with Crippen LogP contribution in [0.1, 0.15) is 17.2 Å². The number of hydrogen-bond donors (Lipinski definition) is 3. The standard InChI is InChI=1S/C13H18N2O2S/c1-9-4-2-3-5-10(9)12(16)6-14-13(17)11-7-18-8-15-11/h2-5,11-12,15-16H,6-8H2,1H3,(H,14,17)/t11-,12?/m1/s1. The van der Waals surface area contributed by atoms with Crippen LogP contribution in [0, 0.1) is 6.92 Å². The maximum absolute atomic E-state index is 11.8. The van der Waals surface area contributed by atoms with Gasteiger partial charge in [0.1, 0.15) is 0 Å². The van der Waals surface area contributed by atoms with Crippen LogP contribution in [-0.2, 0) is 4.79 Å². The first kappa shape index (κ1) is 13.4. The van der Waals surface area contributed by atoms with Gasteiger partial charge in [0.15, 0.2) is 0 Å². The van der Waals surface area contributed by atoms with E-state index in [-0.39, 0.29) is 18.5 Å². The first-order valence-electron chi connectivity index (χ1n) is 6.01. The molecule has 1 aliphatic rings. The minimum absolute atomic E-state index is 0.0346. The van der Waals surface area contributed by atoms with Crippen LogP contribution >= 0.6 is 11.8 Å². The van der Waals surface area contributed by atoms with Crippen molar-refractivity contribution in [3.8, 4) is 0 Å². The van der Waals surface area contributed by atoms with E-state index >= 15 is 0 Å². The van der Waals surface area contributed by atoms with Gasteiger partial charge in [-0.15, -0.1) is 11.8 Å². The number of aliphatic hydroxyl groups is 1. The lowest BCUT2D eigenvalue weighted by Gasteiger charge is -2.16. The lowest BCUT2D eigenvalue weighted by Crippen LogP contribution is -2.43. The maximum Gasteiger partial charge on any atom is 0.238 e. The van der Waals surface area contributed by atoms with Gasteiger partial charge in [0.25, 0.3) is 0 Å². The van der Waals surface area contributed by atoms with Crippen LogP contribution in [-0.4, -0.2) is 35.2 Å². The van der Waals surface area contributed by atoms with E-state index < -0.39 is 6.10 Å². The third kappa shape index (κ3) is 3.25. The third-order valence-corrected chi connectivity index (χ3v) is 3.99. The van der Waals surface area contributed by atoms with Crippen LogP contribution in [0.2, 0.25) is 0 Å². The molecule has 18 heavy (non-hydrogen) atoms. The predicted molar refractivity (Wildman–Crippen MR) is 73.4 cm³/mol. The molecule has 0 aliphatic carbocycles. The van der Waals surface area contributed by atoms with Gasteiger partial charge in [-0.2, -0.15) is 0 Å². The smallest absolute Gasteiger partial charge is 0.238 e. The molecule has 0 aromatic heterocycles. The SMILES string of the molecule is Cc1ccccc1C(O)CNC(=O)[C@H]1CSCN1. The predicted octanol–water partition coefficient (Wildman–Crippen LogP) is 0.807. The number of nitrogens with one attached hydrogen (secondary N) is 2. The molecular weight excluding hydrogens is 248 g/mol. The van der Waals surface area contributed by atoms with E-state index in [1.165, 1.54) is 0 Å². The summed E-state index contributed by atoms with van der Waals surface area (Å²) >= 11 is 1.71. The van der Waals surface area contributed by atoms with Gasteiger partial charge in [0, 0.05) is 18.2 Å². The molecule has 1 heterocycles. The fourth-order valence-electron chi connectivity index (χ4n) is 1.95. The number of hydrogen-bond acceptors (Lipinski definition) is 4. The number of aryl methyl sites for hydroxylation is 1. The Balaban J connectivity index is 1.86. The molecule has 0 saturated carbocycles. The fraction of sp³-hybridized carbons (Fsp3) is 0.462. The Labute approximate surface area is 111 Å². The zero-order chi connectivity index (χ0) is 13.0. The molecular formula is C13H18N2O2S. The number of rotatable bonds is 4. The van der Waals surface area contributed by atoms with Gasteiger partial charge in [-0.05, 0) is 18.1 Å². The molecule has 0 radical (unpaired) electrons. The molecule has 0 spiro atoms. The summed E-state index contributed by atoms with van der Waals surface area (Å²) in [5.74, 6) is 1.58. The molecule has 2 atom stereocenters. The van der Waals surface area contributed by atoms with Crippen LogP contribution in [0.15, 0.2) is 24.3 Å². The highest BCUT2D eigenvalue weighted by Gasteiger charge is 2.22. The Morgan fingerprint density at radius 3 is 3.06 bits per heavy atom. The van der Waals surface area contributed by atoms with E-state index in [0.29, 0.717) is 0 Å². The van der Waals surface area contributed by atoms with Crippen molar-refractivity contribution in [1.29, 1.82) is 0 Å². The van der Waals surface area contributed by atoms with Crippen LogP contribution < -0.4 is 10.6 Å². The van der Waals surface area contributed by atoms with Crippen molar-refractivity contribution in [2.75, 3.05) is 18.2 Å². The minimum Gasteiger partial charge on any atom is -0.387 e. The highest BCUT2D eigenvalue weighted by molar-refractivity contribution is 7.99. The highest BCUT2D eigenvalue weighted by atomic mass is 32.2. The molecule has 1 aromatic carbocycles. The summed E-state index contributed by atoms with van der Waals surface area (Å²) in [7, 11) is 0. The van der Waals surface area contributed by atoms with Crippen LogP contribution in [0.25, 0.3) is 0 Å². The molecule has 1 saturated heterocycles. The van der Waals surface area contributed by atoms with Crippen LogP contribution in [0.3, 0.4) is 0 Å². The molecule has 98 valence electrons. The number of benzene rings is 1. The van der Waals surface area contributed by atoms with E-state index in [4.69, 9.17) is 0 Å². The normalized spacial score (nSPS) is 20.7. The first-order chi connectivity index (χ1) is 8.68. The molecule has 1 aliphatic heterocycles. The van der Waals surface area contributed by atoms with Gasteiger partial charge in [-0.3, -0.25) is 10.1 Å². The quantitative estimate of drug-likeness (QED) is 0.754. The number of thioether (sulfide) groups is 1. The number of amides is 1. The third-order valence-electron chi connectivity index (χ3n) is 3.05. The number of aliphatic hydroxyl groups excluding tert-OH is 1. The van der Waals surface area contributed by atoms with Gasteiger partial charge in [0.05, 0.1) is 12.1 Å². The molecule has 3 N–H and O–H groups in total. The van der Waals surface area contributed by atoms with E-state index in [2.05, 4.69) is 10.6 Å². The highest BCUT2D eigenvalue weighted by Crippen LogP contribution is 2.16. The second kappa shape index (κ2) is 6.22. The summed E-state index contributed by atoms with van der Waals surface area (Å²) in [5, 5.41) is 15.9. The maximum atomic E-state index is 11.8. The summed E-state index contributed by atoms with van der Waals surface area (Å²) in [6, 6.07) is 7.54. The van der Waals surface area contributed by atoms with Crippen molar-refractivity contribution in [2.24, 2.45) is 0 Å². The largest absolute Gasteiger partial charge is 0.387 e. The zero-order valence-corrected chi connectivity index (χ0v) is 11.2. The molecule has 1 fully saturated rings. The molecule has 4 nitrogen and oxygen atoms in total. The Morgan fingerprint density at radius 2 is 2.39 bits per heavy atom. The van der Waals surface area contributed by atoms with Gasteiger partial charge >= 0.3 is 0 Å². The van der Waals surface area contributed by atoms with Gasteiger partial charge in [-0.25, -0.2) is 0 Å². The van der Waals surface area contributed by atoms with E-state index in [1.54, 1.807) is 11.8 Å². The van der Waals surface area contributed by atoms with Crippen molar-refractivity contribution in [3.63, 3.8) is 0 Å². The van der Waals surface area contributed by atoms with Crippen molar-refractivity contribution in [2.45, 2.75) is 19.1 Å². The van der Waals surface area contributed by atoms with Crippen molar-refractivity contribution >= 4 is 17.7 Å². The molecule has 2 rings (SSSR count). The Hall–Kier alpha value is -1.04. The lowest BCUT2D eigenvalue weighted by molar-refractivity contribution is -0.122. The lowest BCUT2D eigenvalue weighted by atomic mass is 10.0. The van der Waals surface area contributed by atoms with Crippen molar-refractivity contribution < 1.29 is 9.90 Å². The molecule has 5 heteroatoms. The molecule has 0 bridgehead atoms. The second-order valence-electron chi connectivity index (χ2n) is 4.39. The minimum atomic E-state index is -0.649. The van der Waals surface area contributed by atoms with Crippen LogP contribution in [0.5, 0.6) is 0 Å². The molecule has 1 aromatic rings. The first-order valence-corrected chi connectivity index (χ1v) is 7.16. The summed E-state index contributed by atoms with van der Waals surface area (Å²) < 4.78 is 0. The van der Waals surface area contributed by atoms with Crippen LogP contribution in [0.4, 0.5) is 0 Å². The van der Waals surface area contributed by atoms with Gasteiger partial charge < -0.3 is 10.4 Å². The number of carbonyl (C=O) groups is 1. The van der Waals surface area contributed by atoms with E-state index in [9.17, 15) is 9.90 Å². The number of carbonyl (C=O) groups excluding carboxylic acids is 1. The summed E-state index contributed by atoms with van der Waals surface area (Å²) in [5.41, 5.74) is 1.90. The Kier molecular flexibility index (Phi) is 4.63. The van der Waals surface area contributed by atoms with Crippen molar-refractivity contribution in [1.82, 2.24) is 10.6 Å². The van der Waals surface area contributed by atoms with E-state index in [1.807, 2.05) is 31.2 Å². The Bertz CT molecular complexity index is 419. The monoisotopic (exact) mass is 266 g/mol. The summed E-state index contributed by atoms with van der Waals surface area (Å²) in [4.78, 5) is 11.8. The molecule has 1 amide bonds. The summed E-state index contributed by atoms with van der Waals surface area (Å²) in [6.45, 7) is 2.21. The van der Waals surface area contributed by atoms with E-state index in [0.717, 1.165) is 22.8 Å². The average Bonchev–Trinajstić information content (AvgIpc) is 2.90. The Morgan fingerprint density at radius 1 is 1.61 bits per heavy atom. The average molecular weight is 266 g/mol. The van der Waals surface area contributed by atoms with Gasteiger partial charge in [0.2, 0.25) is 5.91 Å². The fourth-order valence-corrected chi connectivity index (χ4v) is 2.90. The summed E-state index contributed by atoms with van der Waals surface area (Å²) in [6.07, 6.45) is -0.649. The second-order valence-corrected chi connectivity index (χ2v) is 5.42.